The van der Waals surface area contributed by atoms with E-state index < -0.39 is 12.1 Å². The Hall–Kier alpha value is -1.88. The smallest absolute Gasteiger partial charge is 0.399 e. The molecule has 1 saturated heterocycles. The highest BCUT2D eigenvalue weighted by Gasteiger charge is 2.47. The predicted octanol–water partition coefficient (Wildman–Crippen LogP) is 5.74. The highest BCUT2D eigenvalue weighted by atomic mass is 35.5. The molecule has 2 aliphatic rings. The number of rotatable bonds is 1. The van der Waals surface area contributed by atoms with Crippen molar-refractivity contribution in [3.8, 4) is 11.5 Å². The first-order chi connectivity index (χ1) is 11.4. The first kappa shape index (κ1) is 15.6. The molecule has 2 aliphatic heterocycles. The van der Waals surface area contributed by atoms with Gasteiger partial charge in [0.2, 0.25) is 0 Å². The molecule has 0 N–H and O–H groups in total. The number of benzene rings is 2. The van der Waals surface area contributed by atoms with E-state index in [1.807, 2.05) is 0 Å². The van der Waals surface area contributed by atoms with Crippen LogP contribution in [0.2, 0.25) is 5.02 Å². The lowest BCUT2D eigenvalue weighted by molar-refractivity contribution is -0.142. The molecule has 0 spiro atoms. The largest absolute Gasteiger partial charge is 0.455 e. The lowest BCUT2D eigenvalue weighted by Gasteiger charge is -2.31. The Morgan fingerprint density at radius 2 is 1.79 bits per heavy atom. The van der Waals surface area contributed by atoms with Gasteiger partial charge in [-0.2, -0.15) is 13.2 Å². The van der Waals surface area contributed by atoms with Crippen molar-refractivity contribution in [1.82, 2.24) is 0 Å². The average molecular weight is 354 g/mol. The number of hydrogen-bond acceptors (Lipinski definition) is 2. The number of ether oxygens (including phenoxy) is 1. The van der Waals surface area contributed by atoms with Crippen molar-refractivity contribution in [2.24, 2.45) is 0 Å². The number of para-hydroxylation sites is 1. The van der Waals surface area contributed by atoms with E-state index in [2.05, 4.69) is 4.90 Å². The van der Waals surface area contributed by atoms with E-state index in [4.69, 9.17) is 16.3 Å². The number of anilines is 1. The third-order valence-corrected chi connectivity index (χ3v) is 4.92. The molecule has 2 nitrogen and oxygen atoms in total. The Morgan fingerprint density at radius 3 is 2.50 bits per heavy atom. The zero-order chi connectivity index (χ0) is 16.9. The van der Waals surface area contributed by atoms with Gasteiger partial charge in [-0.3, -0.25) is 0 Å². The van der Waals surface area contributed by atoms with Gasteiger partial charge in [-0.1, -0.05) is 29.8 Å². The quantitative estimate of drug-likeness (QED) is 0.648. The maximum atomic E-state index is 13.7. The minimum Gasteiger partial charge on any atom is -0.455 e. The summed E-state index contributed by atoms with van der Waals surface area (Å²) < 4.78 is 46.9. The van der Waals surface area contributed by atoms with E-state index >= 15 is 0 Å². The molecule has 0 saturated carbocycles. The minimum atomic E-state index is -4.41. The van der Waals surface area contributed by atoms with Crippen LogP contribution in [0.5, 0.6) is 11.5 Å². The molecule has 4 rings (SSSR count). The third-order valence-electron chi connectivity index (χ3n) is 4.63. The molecule has 1 atom stereocenters. The van der Waals surface area contributed by atoms with Gasteiger partial charge in [0.15, 0.2) is 0 Å². The van der Waals surface area contributed by atoms with E-state index in [1.54, 1.807) is 18.2 Å². The van der Waals surface area contributed by atoms with Crippen LogP contribution >= 0.6 is 11.6 Å². The number of alkyl halides is 3. The SMILES string of the molecule is FC(F)(F)[C@H]1c2ccc(N3CCCC3)cc2Oc2c(Cl)cccc21. The molecule has 2 heterocycles. The van der Waals surface area contributed by atoms with Crippen LogP contribution in [0.3, 0.4) is 0 Å². The predicted molar refractivity (Wildman–Crippen MR) is 87.3 cm³/mol. The Labute approximate surface area is 142 Å². The van der Waals surface area contributed by atoms with Gasteiger partial charge >= 0.3 is 6.18 Å². The fourth-order valence-corrected chi connectivity index (χ4v) is 3.73. The number of fused-ring (bicyclic) bond motifs is 2. The third kappa shape index (κ3) is 2.51. The molecule has 6 heteroatoms. The van der Waals surface area contributed by atoms with Crippen molar-refractivity contribution in [3.63, 3.8) is 0 Å². The van der Waals surface area contributed by atoms with Crippen LogP contribution in [0.15, 0.2) is 36.4 Å². The van der Waals surface area contributed by atoms with E-state index in [9.17, 15) is 13.2 Å². The topological polar surface area (TPSA) is 12.5 Å². The zero-order valence-corrected chi connectivity index (χ0v) is 13.5. The Morgan fingerprint density at radius 1 is 1.04 bits per heavy atom. The lowest BCUT2D eigenvalue weighted by atomic mass is 9.87. The highest BCUT2D eigenvalue weighted by molar-refractivity contribution is 6.32. The summed E-state index contributed by atoms with van der Waals surface area (Å²) in [5.41, 5.74) is 1.10. The van der Waals surface area contributed by atoms with Gasteiger partial charge in [-0.15, -0.1) is 0 Å². The second kappa shape index (κ2) is 5.59. The molecular formula is C18H15ClF3NO. The number of halogens is 4. The minimum absolute atomic E-state index is 0.0661. The van der Waals surface area contributed by atoms with Gasteiger partial charge < -0.3 is 9.64 Å². The fraction of sp³-hybridized carbons (Fsp3) is 0.333. The van der Waals surface area contributed by atoms with Gasteiger partial charge in [0.05, 0.1) is 5.02 Å². The summed E-state index contributed by atoms with van der Waals surface area (Å²) in [6.07, 6.45) is -2.22. The lowest BCUT2D eigenvalue weighted by Crippen LogP contribution is -2.26. The summed E-state index contributed by atoms with van der Waals surface area (Å²) in [6.45, 7) is 1.83. The van der Waals surface area contributed by atoms with Crippen LogP contribution in [-0.2, 0) is 0 Å². The molecule has 126 valence electrons. The van der Waals surface area contributed by atoms with Crippen LogP contribution in [0, 0.1) is 0 Å². The van der Waals surface area contributed by atoms with E-state index in [0.29, 0.717) is 0 Å². The molecule has 0 bridgehead atoms. The second-order valence-electron chi connectivity index (χ2n) is 6.15. The average Bonchev–Trinajstić information content (AvgIpc) is 3.06. The molecule has 2 aromatic rings. The molecular weight excluding hydrogens is 339 g/mol. The summed E-state index contributed by atoms with van der Waals surface area (Å²) in [5, 5.41) is 0.193. The first-order valence-electron chi connectivity index (χ1n) is 7.87. The van der Waals surface area contributed by atoms with Crippen molar-refractivity contribution in [3.05, 3.63) is 52.5 Å². The van der Waals surface area contributed by atoms with Gasteiger partial charge in [0.1, 0.15) is 17.4 Å². The molecule has 0 aromatic heterocycles. The molecule has 1 fully saturated rings. The molecule has 0 radical (unpaired) electrons. The summed E-state index contributed by atoms with van der Waals surface area (Å²) in [5.74, 6) is -1.38. The van der Waals surface area contributed by atoms with Crippen LogP contribution in [0.4, 0.5) is 18.9 Å². The van der Waals surface area contributed by atoms with E-state index in [1.165, 1.54) is 18.2 Å². The van der Waals surface area contributed by atoms with Crippen molar-refractivity contribution in [2.75, 3.05) is 18.0 Å². The van der Waals surface area contributed by atoms with Crippen LogP contribution in [0.25, 0.3) is 0 Å². The van der Waals surface area contributed by atoms with Crippen molar-refractivity contribution in [2.45, 2.75) is 24.9 Å². The Bertz CT molecular complexity index is 784. The summed E-state index contributed by atoms with van der Waals surface area (Å²) in [4.78, 5) is 2.16. The van der Waals surface area contributed by atoms with Crippen LogP contribution in [-0.4, -0.2) is 19.3 Å². The molecule has 0 unspecified atom stereocenters. The van der Waals surface area contributed by atoms with Crippen LogP contribution in [0.1, 0.15) is 29.9 Å². The normalized spacial score (nSPS) is 19.7. The van der Waals surface area contributed by atoms with Crippen molar-refractivity contribution >= 4 is 17.3 Å². The summed E-state index contributed by atoms with van der Waals surface area (Å²) >= 11 is 6.09. The second-order valence-corrected chi connectivity index (χ2v) is 6.56. The maximum Gasteiger partial charge on any atom is 0.399 e. The molecule has 24 heavy (non-hydrogen) atoms. The van der Waals surface area contributed by atoms with Gasteiger partial charge in [0.25, 0.3) is 0 Å². The van der Waals surface area contributed by atoms with Crippen molar-refractivity contribution < 1.29 is 17.9 Å². The molecule has 0 amide bonds. The fourth-order valence-electron chi connectivity index (χ4n) is 3.51. The zero-order valence-electron chi connectivity index (χ0n) is 12.7. The standard InChI is InChI=1S/C18H15ClF3NO/c19-14-5-3-4-13-16(18(20,21)22)12-7-6-11(23-8-1-2-9-23)10-15(12)24-17(13)14/h3-7,10,16H,1-2,8-9H2/t16-/m0/s1. The Kier molecular flexibility index (Phi) is 3.64. The van der Waals surface area contributed by atoms with E-state index in [0.717, 1.165) is 31.6 Å². The van der Waals surface area contributed by atoms with Crippen LogP contribution < -0.4 is 9.64 Å². The van der Waals surface area contributed by atoms with Crippen molar-refractivity contribution in [1.29, 1.82) is 0 Å². The van der Waals surface area contributed by atoms with Gasteiger partial charge in [-0.05, 0) is 25.0 Å². The molecule has 0 aliphatic carbocycles. The Balaban J connectivity index is 1.85. The summed E-state index contributed by atoms with van der Waals surface area (Å²) in [6, 6.07) is 9.48. The molecule has 2 aromatic carbocycles. The maximum absolute atomic E-state index is 13.7. The monoisotopic (exact) mass is 353 g/mol. The first-order valence-corrected chi connectivity index (χ1v) is 8.25. The number of nitrogens with zero attached hydrogens (tertiary/aromatic N) is 1. The van der Waals surface area contributed by atoms with Gasteiger partial charge in [-0.25, -0.2) is 0 Å². The summed E-state index contributed by atoms with van der Waals surface area (Å²) in [7, 11) is 0. The van der Waals surface area contributed by atoms with E-state index in [-0.39, 0.29) is 27.6 Å². The number of hydrogen-bond donors (Lipinski definition) is 0. The van der Waals surface area contributed by atoms with Gasteiger partial charge in [0, 0.05) is 36.0 Å². The highest BCUT2D eigenvalue weighted by Crippen LogP contribution is 2.53.